The quantitative estimate of drug-likeness (QED) is 0.672. The van der Waals surface area contributed by atoms with Crippen molar-refractivity contribution < 1.29 is 4.74 Å². The number of fused-ring (bicyclic) bond motifs is 1. The van der Waals surface area contributed by atoms with Crippen LogP contribution in [-0.4, -0.2) is 6.61 Å². The van der Waals surface area contributed by atoms with Crippen molar-refractivity contribution in [2.45, 2.75) is 33.2 Å². The molecule has 1 heterocycles. The largest absolute Gasteiger partial charge is 0.493 e. The third kappa shape index (κ3) is 2.43. The molecule has 1 atom stereocenters. The van der Waals surface area contributed by atoms with Crippen molar-refractivity contribution in [3.8, 4) is 5.75 Å². The zero-order valence-corrected chi connectivity index (χ0v) is 12.9. The lowest BCUT2D eigenvalue weighted by Gasteiger charge is -2.23. The van der Waals surface area contributed by atoms with Crippen LogP contribution in [0.15, 0.2) is 30.3 Å². The van der Waals surface area contributed by atoms with Crippen LogP contribution >= 0.6 is 0 Å². The summed E-state index contributed by atoms with van der Waals surface area (Å²) in [7, 11) is 0. The van der Waals surface area contributed by atoms with Gasteiger partial charge in [0.1, 0.15) is 5.75 Å². The number of hydrazine groups is 1. The predicted octanol–water partition coefficient (Wildman–Crippen LogP) is 3.10. The van der Waals surface area contributed by atoms with E-state index < -0.39 is 0 Å². The first-order valence-corrected chi connectivity index (χ1v) is 7.40. The molecule has 0 aliphatic carbocycles. The molecule has 0 fully saturated rings. The first-order chi connectivity index (χ1) is 10.1. The first-order valence-electron chi connectivity index (χ1n) is 7.40. The fourth-order valence-electron chi connectivity index (χ4n) is 3.44. The van der Waals surface area contributed by atoms with Gasteiger partial charge in [-0.1, -0.05) is 35.9 Å². The normalized spacial score (nSPS) is 14.7. The van der Waals surface area contributed by atoms with Gasteiger partial charge in [-0.25, -0.2) is 5.43 Å². The standard InChI is InChI=1S/C18H22N2O/c1-11-9-12(2)16(13(3)10-11)17(20-19)15-6-4-5-14-7-8-21-18(14)15/h4-6,9-10,17,20H,7-8,19H2,1-3H3. The van der Waals surface area contributed by atoms with Crippen molar-refractivity contribution in [3.63, 3.8) is 0 Å². The molecule has 1 aliphatic heterocycles. The highest BCUT2D eigenvalue weighted by Crippen LogP contribution is 2.37. The van der Waals surface area contributed by atoms with Gasteiger partial charge in [0.25, 0.3) is 0 Å². The third-order valence-corrected chi connectivity index (χ3v) is 4.25. The van der Waals surface area contributed by atoms with Crippen molar-refractivity contribution in [3.05, 3.63) is 63.7 Å². The van der Waals surface area contributed by atoms with Crippen LogP contribution in [0.2, 0.25) is 0 Å². The van der Waals surface area contributed by atoms with Crippen molar-refractivity contribution in [1.82, 2.24) is 5.43 Å². The van der Waals surface area contributed by atoms with Gasteiger partial charge in [0.2, 0.25) is 0 Å². The predicted molar refractivity (Wildman–Crippen MR) is 85.5 cm³/mol. The van der Waals surface area contributed by atoms with E-state index in [1.54, 1.807) is 0 Å². The summed E-state index contributed by atoms with van der Waals surface area (Å²) in [6.07, 6.45) is 0.978. The summed E-state index contributed by atoms with van der Waals surface area (Å²) in [6.45, 7) is 7.17. The van der Waals surface area contributed by atoms with Gasteiger partial charge in [0, 0.05) is 12.0 Å². The second-order valence-corrected chi connectivity index (χ2v) is 5.85. The zero-order valence-electron chi connectivity index (χ0n) is 12.9. The number of nitrogens with one attached hydrogen (secondary N) is 1. The summed E-state index contributed by atoms with van der Waals surface area (Å²) in [5, 5.41) is 0. The molecule has 0 aromatic heterocycles. The van der Waals surface area contributed by atoms with E-state index in [-0.39, 0.29) is 6.04 Å². The van der Waals surface area contributed by atoms with Gasteiger partial charge in [0.05, 0.1) is 12.6 Å². The number of hydrogen-bond acceptors (Lipinski definition) is 3. The van der Waals surface area contributed by atoms with E-state index in [4.69, 9.17) is 10.6 Å². The van der Waals surface area contributed by atoms with Crippen LogP contribution in [-0.2, 0) is 6.42 Å². The topological polar surface area (TPSA) is 47.3 Å². The SMILES string of the molecule is Cc1cc(C)c(C(NN)c2cccc3c2OCC3)c(C)c1. The summed E-state index contributed by atoms with van der Waals surface area (Å²) >= 11 is 0. The molecular formula is C18H22N2O. The molecule has 3 heteroatoms. The summed E-state index contributed by atoms with van der Waals surface area (Å²) in [5.74, 6) is 6.90. The molecule has 0 saturated carbocycles. The fourth-order valence-corrected chi connectivity index (χ4v) is 3.44. The molecule has 21 heavy (non-hydrogen) atoms. The Morgan fingerprint density at radius 1 is 1.14 bits per heavy atom. The molecule has 1 unspecified atom stereocenters. The Morgan fingerprint density at radius 3 is 2.52 bits per heavy atom. The van der Waals surface area contributed by atoms with E-state index in [2.05, 4.69) is 56.5 Å². The van der Waals surface area contributed by atoms with Crippen molar-refractivity contribution in [1.29, 1.82) is 0 Å². The van der Waals surface area contributed by atoms with E-state index in [1.807, 2.05) is 0 Å². The smallest absolute Gasteiger partial charge is 0.127 e. The Hall–Kier alpha value is -1.84. The average Bonchev–Trinajstić information content (AvgIpc) is 2.91. The van der Waals surface area contributed by atoms with Gasteiger partial charge in [-0.2, -0.15) is 0 Å². The maximum Gasteiger partial charge on any atom is 0.127 e. The van der Waals surface area contributed by atoms with Crippen molar-refractivity contribution in [2.75, 3.05) is 6.61 Å². The highest BCUT2D eigenvalue weighted by molar-refractivity contribution is 5.51. The zero-order chi connectivity index (χ0) is 15.0. The van der Waals surface area contributed by atoms with E-state index in [9.17, 15) is 0 Å². The second-order valence-electron chi connectivity index (χ2n) is 5.85. The lowest BCUT2D eigenvalue weighted by molar-refractivity contribution is 0.350. The van der Waals surface area contributed by atoms with Gasteiger partial charge in [-0.15, -0.1) is 0 Å². The maximum absolute atomic E-state index is 5.90. The number of nitrogens with two attached hydrogens (primary N) is 1. The summed E-state index contributed by atoms with van der Waals surface area (Å²) in [4.78, 5) is 0. The van der Waals surface area contributed by atoms with E-state index >= 15 is 0 Å². The Morgan fingerprint density at radius 2 is 1.86 bits per heavy atom. The number of rotatable bonds is 3. The lowest BCUT2D eigenvalue weighted by atomic mass is 9.89. The molecule has 0 spiro atoms. The molecule has 110 valence electrons. The monoisotopic (exact) mass is 282 g/mol. The van der Waals surface area contributed by atoms with E-state index in [0.29, 0.717) is 0 Å². The Bertz CT molecular complexity index is 656. The molecule has 2 aromatic rings. The molecule has 2 aromatic carbocycles. The average molecular weight is 282 g/mol. The van der Waals surface area contributed by atoms with Gasteiger partial charge in [-0.05, 0) is 43.0 Å². The number of para-hydroxylation sites is 1. The number of hydrogen-bond donors (Lipinski definition) is 2. The molecule has 0 bridgehead atoms. The number of ether oxygens (including phenoxy) is 1. The third-order valence-electron chi connectivity index (χ3n) is 4.25. The number of benzene rings is 2. The minimum Gasteiger partial charge on any atom is -0.493 e. The lowest BCUT2D eigenvalue weighted by Crippen LogP contribution is -2.30. The minimum atomic E-state index is -0.0429. The van der Waals surface area contributed by atoms with Crippen LogP contribution in [0.3, 0.4) is 0 Å². The van der Waals surface area contributed by atoms with Crippen LogP contribution in [0.25, 0.3) is 0 Å². The van der Waals surface area contributed by atoms with Gasteiger partial charge in [-0.3, -0.25) is 5.84 Å². The molecule has 0 radical (unpaired) electrons. The van der Waals surface area contributed by atoms with Crippen LogP contribution in [0.4, 0.5) is 0 Å². The van der Waals surface area contributed by atoms with Crippen LogP contribution in [0.5, 0.6) is 5.75 Å². The van der Waals surface area contributed by atoms with E-state index in [0.717, 1.165) is 24.3 Å². The fraction of sp³-hybridized carbons (Fsp3) is 0.333. The summed E-state index contributed by atoms with van der Waals surface area (Å²) in [5.41, 5.74) is 10.4. The van der Waals surface area contributed by atoms with Gasteiger partial charge < -0.3 is 4.74 Å². The van der Waals surface area contributed by atoms with Gasteiger partial charge in [0.15, 0.2) is 0 Å². The Kier molecular flexibility index (Phi) is 3.70. The molecule has 0 amide bonds. The second kappa shape index (κ2) is 5.51. The Balaban J connectivity index is 2.14. The highest BCUT2D eigenvalue weighted by atomic mass is 16.5. The maximum atomic E-state index is 5.90. The first kappa shape index (κ1) is 14.1. The Labute approximate surface area is 126 Å². The van der Waals surface area contributed by atoms with Crippen LogP contribution in [0, 0.1) is 20.8 Å². The van der Waals surface area contributed by atoms with Gasteiger partial charge >= 0.3 is 0 Å². The molecule has 3 rings (SSSR count). The van der Waals surface area contributed by atoms with Crippen molar-refractivity contribution in [2.24, 2.45) is 5.84 Å². The van der Waals surface area contributed by atoms with Crippen LogP contribution < -0.4 is 16.0 Å². The van der Waals surface area contributed by atoms with Crippen LogP contribution in [0.1, 0.15) is 39.4 Å². The highest BCUT2D eigenvalue weighted by Gasteiger charge is 2.24. The molecule has 3 N–H and O–H groups in total. The summed E-state index contributed by atoms with van der Waals surface area (Å²) < 4.78 is 5.84. The minimum absolute atomic E-state index is 0.0429. The molecule has 3 nitrogen and oxygen atoms in total. The molecule has 0 saturated heterocycles. The summed E-state index contributed by atoms with van der Waals surface area (Å²) in [6, 6.07) is 10.7. The number of aryl methyl sites for hydroxylation is 3. The van der Waals surface area contributed by atoms with Crippen molar-refractivity contribution >= 4 is 0 Å². The molecular weight excluding hydrogens is 260 g/mol. The van der Waals surface area contributed by atoms with E-state index in [1.165, 1.54) is 27.8 Å². The molecule has 1 aliphatic rings.